The summed E-state index contributed by atoms with van der Waals surface area (Å²) in [5.74, 6) is 0. The third-order valence-electron chi connectivity index (χ3n) is 7.30. The van der Waals surface area contributed by atoms with E-state index in [-0.39, 0.29) is 13.6 Å². The van der Waals surface area contributed by atoms with E-state index in [2.05, 4.69) is 126 Å². The van der Waals surface area contributed by atoms with Gasteiger partial charge in [-0.25, -0.2) is 0 Å². The summed E-state index contributed by atoms with van der Waals surface area (Å²) in [6.45, 7) is 14.2. The fourth-order valence-corrected chi connectivity index (χ4v) is 9.97. The van der Waals surface area contributed by atoms with E-state index in [9.17, 15) is 0 Å². The molecule has 0 atom stereocenters. The minimum absolute atomic E-state index is 0.100. The van der Waals surface area contributed by atoms with Crippen LogP contribution in [0.1, 0.15) is 74.9 Å². The molecule has 0 saturated carbocycles. The quantitative estimate of drug-likeness (QED) is 0.258. The second-order valence-corrected chi connectivity index (χ2v) is 16.8. The molecule has 0 bridgehead atoms. The lowest BCUT2D eigenvalue weighted by Crippen LogP contribution is -2.31. The van der Waals surface area contributed by atoms with Crippen molar-refractivity contribution < 1.29 is 0 Å². The van der Waals surface area contributed by atoms with Gasteiger partial charge in [-0.1, -0.05) is 90.1 Å². The minimum Gasteiger partial charge on any atom is -0.129 e. The van der Waals surface area contributed by atoms with Crippen LogP contribution < -0.4 is 0 Å². The van der Waals surface area contributed by atoms with Gasteiger partial charge in [0.05, 0.1) is 0 Å². The molecule has 0 heterocycles. The molecule has 2 aliphatic carbocycles. The highest BCUT2D eigenvalue weighted by atomic mass is 32.2. The molecule has 0 nitrogen and oxygen atoms in total. The maximum absolute atomic E-state index is 2.49. The Hall–Kier alpha value is -1.90. The minimum atomic E-state index is -0.204. The molecule has 0 unspecified atom stereocenters. The summed E-state index contributed by atoms with van der Waals surface area (Å²) in [6, 6.07) is 24.3. The Labute approximate surface area is 219 Å². The second kappa shape index (κ2) is 8.05. The molecule has 0 saturated heterocycles. The number of aryl methyl sites for hydroxylation is 4. The molecular weight excluding hydrogens is 460 g/mol. The van der Waals surface area contributed by atoms with Gasteiger partial charge in [0.15, 0.2) is 0 Å². The summed E-state index contributed by atoms with van der Waals surface area (Å²) in [7, 11) is 0. The lowest BCUT2D eigenvalue weighted by molar-refractivity contribution is 0.776. The zero-order valence-electron chi connectivity index (χ0n) is 21.9. The molecule has 0 amide bonds. The first-order chi connectivity index (χ1) is 16.5. The summed E-state index contributed by atoms with van der Waals surface area (Å²) >= 11 is 4.21. The van der Waals surface area contributed by atoms with Crippen LogP contribution in [-0.4, -0.2) is 9.49 Å². The largest absolute Gasteiger partial charge is 0.129 e. The average molecular weight is 497 g/mol. The molecule has 35 heavy (non-hydrogen) atoms. The van der Waals surface area contributed by atoms with Crippen molar-refractivity contribution in [2.24, 2.45) is 0 Å². The van der Waals surface area contributed by atoms with Crippen molar-refractivity contribution in [3.8, 4) is 0 Å². The number of fused-ring (bicyclic) bond motifs is 4. The summed E-state index contributed by atoms with van der Waals surface area (Å²) in [5.41, 5.74) is 8.97. The number of benzene rings is 4. The van der Waals surface area contributed by atoms with Crippen molar-refractivity contribution >= 4 is 45.1 Å². The highest BCUT2D eigenvalue weighted by Gasteiger charge is 2.43. The van der Waals surface area contributed by atoms with Crippen LogP contribution in [0.3, 0.4) is 0 Å². The average Bonchev–Trinajstić information content (AvgIpc) is 2.73. The van der Waals surface area contributed by atoms with Crippen molar-refractivity contribution in [3.63, 3.8) is 0 Å². The predicted molar refractivity (Wildman–Crippen MR) is 158 cm³/mol. The van der Waals surface area contributed by atoms with E-state index in [1.807, 2.05) is 0 Å². The molecule has 4 aromatic rings. The van der Waals surface area contributed by atoms with E-state index in [1.54, 1.807) is 0 Å². The van der Waals surface area contributed by atoms with Crippen molar-refractivity contribution in [1.82, 2.24) is 0 Å². The smallest absolute Gasteiger partial charge is 0.112 e. The zero-order valence-corrected chi connectivity index (χ0v) is 23.6. The predicted octanol–water partition coefficient (Wildman–Crippen LogP) is 9.45. The number of hydrogen-bond donors (Lipinski definition) is 0. The van der Waals surface area contributed by atoms with E-state index >= 15 is 0 Å². The van der Waals surface area contributed by atoms with Gasteiger partial charge in [0.25, 0.3) is 0 Å². The van der Waals surface area contributed by atoms with Gasteiger partial charge in [0.1, 0.15) is 4.08 Å². The summed E-state index contributed by atoms with van der Waals surface area (Å²) in [6.07, 6.45) is 4.92. The van der Waals surface area contributed by atoms with Crippen molar-refractivity contribution in [2.45, 2.75) is 80.8 Å². The molecule has 0 radical (unpaired) electrons. The Kier molecular flexibility index (Phi) is 5.40. The van der Waals surface area contributed by atoms with Crippen LogP contribution in [0.2, 0.25) is 0 Å². The van der Waals surface area contributed by atoms with Gasteiger partial charge >= 0.3 is 0 Å². The Morgan fingerprint density at radius 1 is 0.457 bits per heavy atom. The zero-order chi connectivity index (χ0) is 24.6. The van der Waals surface area contributed by atoms with Crippen LogP contribution in [0, 0.1) is 0 Å². The molecule has 6 rings (SSSR count). The topological polar surface area (TPSA) is 0 Å². The van der Waals surface area contributed by atoms with Gasteiger partial charge < -0.3 is 0 Å². The lowest BCUT2D eigenvalue weighted by Gasteiger charge is -2.43. The highest BCUT2D eigenvalue weighted by molar-refractivity contribution is 8.19. The Morgan fingerprint density at radius 2 is 0.800 bits per heavy atom. The molecular formula is C33H36S2. The molecule has 0 N–H and O–H groups in total. The van der Waals surface area contributed by atoms with Gasteiger partial charge in [-0.15, -0.1) is 23.5 Å². The van der Waals surface area contributed by atoms with Crippen LogP contribution in [0.15, 0.2) is 60.7 Å². The fourth-order valence-electron chi connectivity index (χ4n) is 5.60. The van der Waals surface area contributed by atoms with Crippen molar-refractivity contribution in [1.29, 1.82) is 0 Å². The first kappa shape index (κ1) is 23.5. The summed E-state index contributed by atoms with van der Waals surface area (Å²) in [5, 5.41) is 5.52. The highest BCUT2D eigenvalue weighted by Crippen LogP contribution is 2.60. The summed E-state index contributed by atoms with van der Waals surface area (Å²) < 4.78 is -0.00304. The summed E-state index contributed by atoms with van der Waals surface area (Å²) in [4.78, 5) is 0. The third kappa shape index (κ3) is 4.31. The van der Waals surface area contributed by atoms with Crippen LogP contribution in [0.4, 0.5) is 0 Å². The van der Waals surface area contributed by atoms with E-state index in [4.69, 9.17) is 0 Å². The van der Waals surface area contributed by atoms with Crippen LogP contribution in [-0.2, 0) is 29.8 Å². The van der Waals surface area contributed by atoms with Gasteiger partial charge in [0, 0.05) is 9.49 Å². The second-order valence-electron chi connectivity index (χ2n) is 12.4. The monoisotopic (exact) mass is 496 g/mol. The Bertz CT molecular complexity index is 1350. The van der Waals surface area contributed by atoms with Gasteiger partial charge in [-0.3, -0.25) is 0 Å². The Balaban J connectivity index is 1.59. The van der Waals surface area contributed by atoms with E-state index in [1.165, 1.54) is 80.6 Å². The molecule has 0 aromatic heterocycles. The molecule has 0 fully saturated rings. The van der Waals surface area contributed by atoms with Crippen LogP contribution in [0.5, 0.6) is 0 Å². The van der Waals surface area contributed by atoms with Gasteiger partial charge in [0.2, 0.25) is 0 Å². The van der Waals surface area contributed by atoms with Crippen molar-refractivity contribution in [3.05, 3.63) is 94.0 Å². The van der Waals surface area contributed by atoms with Crippen LogP contribution >= 0.6 is 23.5 Å². The van der Waals surface area contributed by atoms with E-state index in [0.717, 1.165) is 0 Å². The normalized spacial score (nSPS) is 15.5. The molecule has 0 aliphatic heterocycles. The lowest BCUT2D eigenvalue weighted by atomic mass is 9.85. The van der Waals surface area contributed by atoms with Gasteiger partial charge in [-0.05, 0) is 92.7 Å². The third-order valence-corrected chi connectivity index (χ3v) is 10.5. The Morgan fingerprint density at radius 3 is 1.11 bits per heavy atom. The number of rotatable bonds is 4. The molecule has 0 spiro atoms. The molecule has 2 heteroatoms. The van der Waals surface area contributed by atoms with E-state index < -0.39 is 0 Å². The van der Waals surface area contributed by atoms with Gasteiger partial charge in [-0.2, -0.15) is 0 Å². The molecule has 2 aliphatic rings. The molecule has 4 aromatic carbocycles. The maximum Gasteiger partial charge on any atom is 0.112 e. The van der Waals surface area contributed by atoms with Crippen molar-refractivity contribution in [2.75, 3.05) is 0 Å². The fraction of sp³-hybridized carbons (Fsp3) is 0.394. The molecule has 180 valence electrons. The maximum atomic E-state index is 2.49. The standard InChI is InChI=1S/C33H36S2/c1-31(2,3)34-33(35-32(4,5)6,29-13-11-25-15-21-7-9-23(21)17-27(25)19-29)30-14-12-26-16-22-8-10-24(22)18-28(26)20-30/h11-20H,7-10H2,1-6H3. The number of hydrogen-bond acceptors (Lipinski definition) is 2. The van der Waals surface area contributed by atoms with Crippen LogP contribution in [0.25, 0.3) is 21.5 Å². The SMILES string of the molecule is CC(C)(C)SC(SC(C)(C)C)(c1ccc2cc3c(cc2c1)CC3)c1ccc2cc3c(cc2c1)CC3. The first-order valence-electron chi connectivity index (χ1n) is 13.0. The first-order valence-corrected chi connectivity index (χ1v) is 14.6. The number of thioether (sulfide) groups is 2. The van der Waals surface area contributed by atoms with E-state index in [0.29, 0.717) is 0 Å².